The van der Waals surface area contributed by atoms with Crippen LogP contribution in [0, 0.1) is 20.8 Å². The molecular weight excluding hydrogens is 246 g/mol. The van der Waals surface area contributed by atoms with Crippen molar-refractivity contribution < 1.29 is 4.74 Å². The highest BCUT2D eigenvalue weighted by atomic mass is 16.5. The fourth-order valence-electron chi connectivity index (χ4n) is 2.88. The van der Waals surface area contributed by atoms with E-state index in [-0.39, 0.29) is 6.04 Å². The zero-order valence-corrected chi connectivity index (χ0v) is 12.4. The molecule has 0 amide bonds. The molecule has 2 nitrogen and oxygen atoms in total. The quantitative estimate of drug-likeness (QED) is 0.900. The van der Waals surface area contributed by atoms with Crippen molar-refractivity contribution in [2.45, 2.75) is 40.0 Å². The third-order valence-corrected chi connectivity index (χ3v) is 4.32. The van der Waals surface area contributed by atoms with Gasteiger partial charge in [0.15, 0.2) is 0 Å². The molecule has 0 spiro atoms. The Morgan fingerprint density at radius 3 is 2.40 bits per heavy atom. The van der Waals surface area contributed by atoms with Gasteiger partial charge in [0.05, 0.1) is 19.3 Å². The van der Waals surface area contributed by atoms with Gasteiger partial charge in [-0.05, 0) is 59.7 Å². The zero-order chi connectivity index (χ0) is 14.3. The summed E-state index contributed by atoms with van der Waals surface area (Å²) < 4.78 is 5.47. The van der Waals surface area contributed by atoms with Gasteiger partial charge in [0.1, 0.15) is 0 Å². The molecule has 1 atom stereocenters. The Hall–Kier alpha value is -1.64. The van der Waals surface area contributed by atoms with Crippen LogP contribution < -0.4 is 5.73 Å². The predicted octanol–water partition coefficient (Wildman–Crippen LogP) is 3.69. The lowest BCUT2D eigenvalue weighted by Crippen LogP contribution is -2.14. The van der Waals surface area contributed by atoms with Crippen LogP contribution in [-0.4, -0.2) is 0 Å². The Morgan fingerprint density at radius 2 is 1.60 bits per heavy atom. The van der Waals surface area contributed by atoms with Gasteiger partial charge in [0.25, 0.3) is 0 Å². The summed E-state index contributed by atoms with van der Waals surface area (Å²) in [4.78, 5) is 0. The molecule has 0 bridgehead atoms. The van der Waals surface area contributed by atoms with E-state index in [4.69, 9.17) is 10.5 Å². The first-order valence-corrected chi connectivity index (χ1v) is 7.09. The van der Waals surface area contributed by atoms with Gasteiger partial charge >= 0.3 is 0 Å². The van der Waals surface area contributed by atoms with Crippen LogP contribution in [0.1, 0.15) is 45.0 Å². The lowest BCUT2D eigenvalue weighted by atomic mass is 9.91. The largest absolute Gasteiger partial charge is 0.372 e. The normalized spacial score (nSPS) is 15.2. The van der Waals surface area contributed by atoms with Gasteiger partial charge in [-0.1, -0.05) is 30.3 Å². The van der Waals surface area contributed by atoms with Crippen molar-refractivity contribution in [2.75, 3.05) is 0 Å². The fourth-order valence-corrected chi connectivity index (χ4v) is 2.88. The molecule has 0 saturated heterocycles. The average molecular weight is 267 g/mol. The van der Waals surface area contributed by atoms with E-state index >= 15 is 0 Å². The molecule has 0 saturated carbocycles. The van der Waals surface area contributed by atoms with Gasteiger partial charge in [-0.25, -0.2) is 0 Å². The Morgan fingerprint density at radius 1 is 0.900 bits per heavy atom. The van der Waals surface area contributed by atoms with Crippen molar-refractivity contribution in [3.05, 3.63) is 69.3 Å². The summed E-state index contributed by atoms with van der Waals surface area (Å²) in [6, 6.07) is 10.8. The van der Waals surface area contributed by atoms with Gasteiger partial charge in [-0.2, -0.15) is 0 Å². The van der Waals surface area contributed by atoms with Crippen LogP contribution in [0.5, 0.6) is 0 Å². The van der Waals surface area contributed by atoms with Crippen LogP contribution in [0.3, 0.4) is 0 Å². The summed E-state index contributed by atoms with van der Waals surface area (Å²) in [6.07, 6.45) is 0. The lowest BCUT2D eigenvalue weighted by Gasteiger charge is -2.18. The van der Waals surface area contributed by atoms with Gasteiger partial charge < -0.3 is 10.5 Å². The molecule has 1 unspecified atom stereocenters. The third kappa shape index (κ3) is 2.26. The molecule has 2 heteroatoms. The second kappa shape index (κ2) is 5.04. The zero-order valence-electron chi connectivity index (χ0n) is 12.4. The van der Waals surface area contributed by atoms with Crippen LogP contribution in [0.15, 0.2) is 30.3 Å². The number of aryl methyl sites for hydroxylation is 3. The molecule has 0 aliphatic carbocycles. The number of hydrogen-bond acceptors (Lipinski definition) is 2. The number of ether oxygens (including phenoxy) is 1. The number of rotatable bonds is 2. The molecule has 2 N–H and O–H groups in total. The summed E-state index contributed by atoms with van der Waals surface area (Å²) in [6.45, 7) is 7.86. The van der Waals surface area contributed by atoms with E-state index in [9.17, 15) is 0 Å². The van der Waals surface area contributed by atoms with E-state index in [1.807, 2.05) is 0 Å². The molecule has 3 rings (SSSR count). The van der Waals surface area contributed by atoms with Crippen molar-refractivity contribution in [3.8, 4) is 0 Å². The maximum Gasteiger partial charge on any atom is 0.0725 e. The highest BCUT2D eigenvalue weighted by molar-refractivity contribution is 5.44. The molecule has 2 aromatic rings. The Kier molecular flexibility index (Phi) is 3.36. The molecule has 2 aromatic carbocycles. The molecule has 1 heterocycles. The average Bonchev–Trinajstić information content (AvgIpc) is 2.89. The monoisotopic (exact) mass is 267 g/mol. The molecule has 0 fully saturated rings. The number of fused-ring (bicyclic) bond motifs is 1. The van der Waals surface area contributed by atoms with Crippen molar-refractivity contribution in [2.24, 2.45) is 5.73 Å². The maximum atomic E-state index is 6.49. The van der Waals surface area contributed by atoms with Gasteiger partial charge in [0, 0.05) is 0 Å². The van der Waals surface area contributed by atoms with E-state index in [1.165, 1.54) is 38.9 Å². The summed E-state index contributed by atoms with van der Waals surface area (Å²) in [5.74, 6) is 0. The van der Waals surface area contributed by atoms with Crippen LogP contribution in [-0.2, 0) is 18.0 Å². The van der Waals surface area contributed by atoms with Crippen molar-refractivity contribution >= 4 is 0 Å². The van der Waals surface area contributed by atoms with Gasteiger partial charge in [-0.15, -0.1) is 0 Å². The molecule has 1 aliphatic rings. The highest BCUT2D eigenvalue weighted by Gasteiger charge is 2.17. The van der Waals surface area contributed by atoms with E-state index in [0.717, 1.165) is 6.61 Å². The second-order valence-electron chi connectivity index (χ2n) is 5.79. The summed E-state index contributed by atoms with van der Waals surface area (Å²) >= 11 is 0. The standard InChI is InChI=1S/C18H21NO/c1-11-6-13(3)17(7-12(11)2)18(19)14-4-5-15-9-20-10-16(15)8-14/h4-8,18H,9-10,19H2,1-3H3. The van der Waals surface area contributed by atoms with Gasteiger partial charge in [0.2, 0.25) is 0 Å². The van der Waals surface area contributed by atoms with E-state index < -0.39 is 0 Å². The SMILES string of the molecule is Cc1cc(C)c(C(N)c2ccc3c(c2)COC3)cc1C. The molecular formula is C18H21NO. The van der Waals surface area contributed by atoms with Crippen molar-refractivity contribution in [3.63, 3.8) is 0 Å². The maximum absolute atomic E-state index is 6.49. The third-order valence-electron chi connectivity index (χ3n) is 4.32. The number of benzene rings is 2. The molecule has 0 radical (unpaired) electrons. The minimum atomic E-state index is -0.0693. The van der Waals surface area contributed by atoms with E-state index in [1.54, 1.807) is 0 Å². The van der Waals surface area contributed by atoms with E-state index in [0.29, 0.717) is 6.61 Å². The van der Waals surface area contributed by atoms with Crippen LogP contribution in [0.2, 0.25) is 0 Å². The summed E-state index contributed by atoms with van der Waals surface area (Å²) in [7, 11) is 0. The first-order valence-electron chi connectivity index (χ1n) is 7.09. The molecule has 20 heavy (non-hydrogen) atoms. The summed E-state index contributed by atoms with van der Waals surface area (Å²) in [5.41, 5.74) is 15.3. The molecule has 104 valence electrons. The van der Waals surface area contributed by atoms with Crippen LogP contribution in [0.4, 0.5) is 0 Å². The second-order valence-corrected chi connectivity index (χ2v) is 5.79. The van der Waals surface area contributed by atoms with Gasteiger partial charge in [-0.3, -0.25) is 0 Å². The fraction of sp³-hybridized carbons (Fsp3) is 0.333. The Balaban J connectivity index is 2.00. The van der Waals surface area contributed by atoms with E-state index in [2.05, 4.69) is 51.1 Å². The highest BCUT2D eigenvalue weighted by Crippen LogP contribution is 2.28. The molecule has 0 aromatic heterocycles. The molecule has 1 aliphatic heterocycles. The lowest BCUT2D eigenvalue weighted by molar-refractivity contribution is 0.134. The van der Waals surface area contributed by atoms with Crippen molar-refractivity contribution in [1.29, 1.82) is 0 Å². The predicted molar refractivity (Wildman–Crippen MR) is 81.6 cm³/mol. The topological polar surface area (TPSA) is 35.2 Å². The number of hydrogen-bond donors (Lipinski definition) is 1. The first-order chi connectivity index (χ1) is 9.56. The van der Waals surface area contributed by atoms with Crippen molar-refractivity contribution in [1.82, 2.24) is 0 Å². The smallest absolute Gasteiger partial charge is 0.0725 e. The minimum Gasteiger partial charge on any atom is -0.372 e. The minimum absolute atomic E-state index is 0.0693. The van der Waals surface area contributed by atoms with Crippen LogP contribution in [0.25, 0.3) is 0 Å². The Bertz CT molecular complexity index is 661. The Labute approximate surface area is 120 Å². The number of nitrogens with two attached hydrogens (primary N) is 1. The first kappa shape index (κ1) is 13.3. The summed E-state index contributed by atoms with van der Waals surface area (Å²) in [5, 5.41) is 0. The van der Waals surface area contributed by atoms with Crippen LogP contribution >= 0.6 is 0 Å².